The predicted octanol–water partition coefficient (Wildman–Crippen LogP) is 2.35. The van der Waals surface area contributed by atoms with Crippen LogP contribution in [0, 0.1) is 17.5 Å². The molecule has 0 fully saturated rings. The first-order chi connectivity index (χ1) is 9.31. The second kappa shape index (κ2) is 5.25. The maximum Gasteiger partial charge on any atom is 0.266 e. The summed E-state index contributed by atoms with van der Waals surface area (Å²) in [6.45, 7) is 0. The van der Waals surface area contributed by atoms with E-state index in [1.54, 1.807) is 0 Å². The van der Waals surface area contributed by atoms with E-state index in [2.05, 4.69) is 9.97 Å². The van der Waals surface area contributed by atoms with Gasteiger partial charge in [-0.25, -0.2) is 31.6 Å². The lowest BCUT2D eigenvalue weighted by molar-refractivity contribution is 0.432. The lowest BCUT2D eigenvalue weighted by Crippen LogP contribution is -2.16. The third-order valence-corrected chi connectivity index (χ3v) is 3.72. The maximum atomic E-state index is 13.4. The van der Waals surface area contributed by atoms with Crippen molar-refractivity contribution in [3.8, 4) is 0 Å². The second-order valence-electron chi connectivity index (χ2n) is 3.50. The second-order valence-corrected chi connectivity index (χ2v) is 5.54. The smallest absolute Gasteiger partial charge is 0.262 e. The highest BCUT2D eigenvalue weighted by atomic mass is 35.5. The van der Waals surface area contributed by atoms with Crippen molar-refractivity contribution in [3.05, 3.63) is 47.1 Å². The van der Waals surface area contributed by atoms with Gasteiger partial charge in [0.15, 0.2) is 23.3 Å². The van der Waals surface area contributed by atoms with Crippen molar-refractivity contribution in [1.82, 2.24) is 9.97 Å². The number of nitrogens with zero attached hydrogens (tertiary/aromatic N) is 2. The Bertz CT molecular complexity index is 753. The fraction of sp³-hybridized carbons (Fsp3) is 0. The van der Waals surface area contributed by atoms with E-state index in [0.717, 1.165) is 12.4 Å². The van der Waals surface area contributed by atoms with Crippen LogP contribution in [-0.2, 0) is 10.0 Å². The van der Waals surface area contributed by atoms with Crippen molar-refractivity contribution in [2.24, 2.45) is 0 Å². The molecule has 20 heavy (non-hydrogen) atoms. The predicted molar refractivity (Wildman–Crippen MR) is 64.2 cm³/mol. The fourth-order valence-electron chi connectivity index (χ4n) is 1.27. The molecular weight excluding hydrogens is 319 g/mol. The SMILES string of the molecule is O=S(=O)(Nc1cnc(Cl)cn1)c1ccc(F)c(F)c1F. The van der Waals surface area contributed by atoms with Crippen LogP contribution in [0.3, 0.4) is 0 Å². The molecule has 1 N–H and O–H groups in total. The number of anilines is 1. The average molecular weight is 324 g/mol. The van der Waals surface area contributed by atoms with Gasteiger partial charge in [0, 0.05) is 0 Å². The Morgan fingerprint density at radius 2 is 1.75 bits per heavy atom. The molecular formula is C10H5ClF3N3O2S. The molecule has 106 valence electrons. The van der Waals surface area contributed by atoms with Crippen LogP contribution in [0.15, 0.2) is 29.4 Å². The fourth-order valence-corrected chi connectivity index (χ4v) is 2.43. The van der Waals surface area contributed by atoms with Crippen molar-refractivity contribution >= 4 is 27.4 Å². The first-order valence-electron chi connectivity index (χ1n) is 4.95. The van der Waals surface area contributed by atoms with Crippen LogP contribution in [0.1, 0.15) is 0 Å². The van der Waals surface area contributed by atoms with Crippen molar-refractivity contribution in [3.63, 3.8) is 0 Å². The summed E-state index contributed by atoms with van der Waals surface area (Å²) in [5.74, 6) is -5.44. The topological polar surface area (TPSA) is 72.0 Å². The lowest BCUT2D eigenvalue weighted by Gasteiger charge is -2.08. The van der Waals surface area contributed by atoms with Crippen LogP contribution >= 0.6 is 11.6 Å². The van der Waals surface area contributed by atoms with E-state index in [9.17, 15) is 21.6 Å². The first kappa shape index (κ1) is 14.5. The summed E-state index contributed by atoms with van der Waals surface area (Å²) in [5, 5.41) is 0.0203. The Hall–Kier alpha value is -1.87. The minimum Gasteiger partial charge on any atom is -0.262 e. The largest absolute Gasteiger partial charge is 0.266 e. The van der Waals surface area contributed by atoms with E-state index in [0.29, 0.717) is 12.1 Å². The molecule has 0 saturated heterocycles. The van der Waals surface area contributed by atoms with Gasteiger partial charge in [-0.05, 0) is 12.1 Å². The van der Waals surface area contributed by atoms with E-state index in [1.165, 1.54) is 0 Å². The molecule has 0 aliphatic heterocycles. The molecule has 2 aromatic rings. The van der Waals surface area contributed by atoms with Crippen LogP contribution in [0.5, 0.6) is 0 Å². The van der Waals surface area contributed by atoms with Gasteiger partial charge in [-0.3, -0.25) is 4.72 Å². The van der Waals surface area contributed by atoms with Gasteiger partial charge in [-0.15, -0.1) is 0 Å². The monoisotopic (exact) mass is 323 g/mol. The Labute approximate surface area is 116 Å². The number of sulfonamides is 1. The van der Waals surface area contributed by atoms with Crippen molar-refractivity contribution in [1.29, 1.82) is 0 Å². The van der Waals surface area contributed by atoms with Gasteiger partial charge in [0.05, 0.1) is 12.4 Å². The summed E-state index contributed by atoms with van der Waals surface area (Å²) >= 11 is 5.46. The summed E-state index contributed by atoms with van der Waals surface area (Å²) in [6, 6.07) is 1.10. The van der Waals surface area contributed by atoms with Crippen molar-refractivity contribution < 1.29 is 21.6 Å². The molecule has 10 heteroatoms. The maximum absolute atomic E-state index is 13.4. The van der Waals surface area contributed by atoms with Crippen LogP contribution in [0.4, 0.5) is 19.0 Å². The highest BCUT2D eigenvalue weighted by Crippen LogP contribution is 2.21. The zero-order valence-corrected chi connectivity index (χ0v) is 11.0. The quantitative estimate of drug-likeness (QED) is 0.880. The summed E-state index contributed by atoms with van der Waals surface area (Å²) < 4.78 is 64.7. The normalized spacial score (nSPS) is 11.4. The van der Waals surface area contributed by atoms with E-state index in [-0.39, 0.29) is 11.0 Å². The minimum absolute atomic E-state index is 0.0203. The molecule has 1 aromatic heterocycles. The van der Waals surface area contributed by atoms with Crippen LogP contribution in [0.2, 0.25) is 5.15 Å². The first-order valence-corrected chi connectivity index (χ1v) is 6.81. The van der Waals surface area contributed by atoms with Gasteiger partial charge in [-0.2, -0.15) is 0 Å². The third kappa shape index (κ3) is 2.83. The number of hydrogen-bond acceptors (Lipinski definition) is 4. The molecule has 0 radical (unpaired) electrons. The summed E-state index contributed by atoms with van der Waals surface area (Å²) in [4.78, 5) is 6.09. The third-order valence-electron chi connectivity index (χ3n) is 2.15. The Balaban J connectivity index is 2.41. The van der Waals surface area contributed by atoms with Crippen LogP contribution in [-0.4, -0.2) is 18.4 Å². The van der Waals surface area contributed by atoms with Gasteiger partial charge < -0.3 is 0 Å². The average Bonchev–Trinajstić information content (AvgIpc) is 2.38. The molecule has 2 rings (SSSR count). The number of hydrogen-bond donors (Lipinski definition) is 1. The molecule has 0 spiro atoms. The number of rotatable bonds is 3. The Morgan fingerprint density at radius 3 is 2.35 bits per heavy atom. The lowest BCUT2D eigenvalue weighted by atomic mass is 10.3. The summed E-state index contributed by atoms with van der Waals surface area (Å²) in [6.07, 6.45) is 2.04. The van der Waals surface area contributed by atoms with Gasteiger partial charge in [0.25, 0.3) is 10.0 Å². The molecule has 0 aliphatic rings. The van der Waals surface area contributed by atoms with E-state index >= 15 is 0 Å². The summed E-state index contributed by atoms with van der Waals surface area (Å²) in [5.41, 5.74) is 0. The number of benzene rings is 1. The van der Waals surface area contributed by atoms with Gasteiger partial charge in [0.2, 0.25) is 0 Å². The molecule has 1 heterocycles. The van der Waals surface area contributed by atoms with Gasteiger partial charge >= 0.3 is 0 Å². The Morgan fingerprint density at radius 1 is 1.05 bits per heavy atom. The molecule has 0 aliphatic carbocycles. The molecule has 5 nitrogen and oxygen atoms in total. The van der Waals surface area contributed by atoms with Gasteiger partial charge in [-0.1, -0.05) is 11.6 Å². The number of aromatic nitrogens is 2. The van der Waals surface area contributed by atoms with E-state index < -0.39 is 32.4 Å². The highest BCUT2D eigenvalue weighted by Gasteiger charge is 2.24. The van der Waals surface area contributed by atoms with Gasteiger partial charge in [0.1, 0.15) is 10.0 Å². The van der Waals surface area contributed by atoms with E-state index in [4.69, 9.17) is 11.6 Å². The molecule has 0 unspecified atom stereocenters. The molecule has 0 amide bonds. The standard InChI is InChI=1S/C10H5ClF3N3O2S/c11-7-3-16-8(4-15-7)17-20(18,19)6-2-1-5(12)9(13)10(6)14/h1-4H,(H,16,17). The molecule has 0 bridgehead atoms. The van der Waals surface area contributed by atoms with Crippen molar-refractivity contribution in [2.75, 3.05) is 4.72 Å². The van der Waals surface area contributed by atoms with Crippen LogP contribution in [0.25, 0.3) is 0 Å². The van der Waals surface area contributed by atoms with Crippen LogP contribution < -0.4 is 4.72 Å². The zero-order chi connectivity index (χ0) is 14.9. The Kier molecular flexibility index (Phi) is 3.82. The van der Waals surface area contributed by atoms with Crippen molar-refractivity contribution in [2.45, 2.75) is 4.90 Å². The summed E-state index contributed by atoms with van der Waals surface area (Å²) in [7, 11) is -4.47. The highest BCUT2D eigenvalue weighted by molar-refractivity contribution is 7.92. The number of nitrogens with one attached hydrogen (secondary N) is 1. The number of halogens is 4. The minimum atomic E-state index is -4.47. The zero-order valence-electron chi connectivity index (χ0n) is 9.44. The van der Waals surface area contributed by atoms with E-state index in [1.807, 2.05) is 4.72 Å². The molecule has 0 saturated carbocycles. The molecule has 1 aromatic carbocycles. The molecule has 0 atom stereocenters.